The number of nitrogens with one attached hydrogen (secondary N) is 1. The molecule has 0 fully saturated rings. The lowest BCUT2D eigenvalue weighted by molar-refractivity contribution is 0.102. The van der Waals surface area contributed by atoms with E-state index < -0.39 is 0 Å². The highest BCUT2D eigenvalue weighted by molar-refractivity contribution is 9.10. The molecule has 0 saturated carbocycles. The van der Waals surface area contributed by atoms with Crippen molar-refractivity contribution in [1.29, 1.82) is 0 Å². The van der Waals surface area contributed by atoms with Gasteiger partial charge in [-0.2, -0.15) is 0 Å². The first-order chi connectivity index (χ1) is 8.97. The zero-order valence-corrected chi connectivity index (χ0v) is 12.0. The van der Waals surface area contributed by atoms with Gasteiger partial charge in [-0.3, -0.25) is 4.79 Å². The number of rotatable bonds is 2. The number of aromatic hydroxyl groups is 1. The van der Waals surface area contributed by atoms with Gasteiger partial charge in [-0.1, -0.05) is 11.6 Å². The molecule has 0 atom stereocenters. The van der Waals surface area contributed by atoms with Crippen molar-refractivity contribution in [2.24, 2.45) is 0 Å². The molecule has 19 heavy (non-hydrogen) atoms. The SMILES string of the molecule is Nc1ccc(C(=O)Nc2ccc(Cl)cc2Br)cc1O. The van der Waals surface area contributed by atoms with E-state index in [0.717, 1.165) is 0 Å². The Hall–Kier alpha value is -1.72. The van der Waals surface area contributed by atoms with E-state index in [0.29, 0.717) is 20.7 Å². The number of phenols is 1. The summed E-state index contributed by atoms with van der Waals surface area (Å²) in [5.41, 5.74) is 6.61. The van der Waals surface area contributed by atoms with Crippen LogP contribution >= 0.6 is 27.5 Å². The second-order valence-electron chi connectivity index (χ2n) is 3.85. The maximum atomic E-state index is 12.0. The number of halogens is 2. The van der Waals surface area contributed by atoms with E-state index in [1.54, 1.807) is 18.2 Å². The van der Waals surface area contributed by atoms with Crippen molar-refractivity contribution in [3.05, 3.63) is 51.5 Å². The molecule has 2 aromatic rings. The van der Waals surface area contributed by atoms with Crippen LogP contribution in [0.4, 0.5) is 11.4 Å². The van der Waals surface area contributed by atoms with Crippen LogP contribution in [-0.4, -0.2) is 11.0 Å². The summed E-state index contributed by atoms with van der Waals surface area (Å²) in [4.78, 5) is 12.0. The smallest absolute Gasteiger partial charge is 0.255 e. The Labute approximate surface area is 123 Å². The van der Waals surface area contributed by atoms with Crippen LogP contribution in [0, 0.1) is 0 Å². The summed E-state index contributed by atoms with van der Waals surface area (Å²) in [5, 5.41) is 12.7. The van der Waals surface area contributed by atoms with E-state index in [2.05, 4.69) is 21.2 Å². The van der Waals surface area contributed by atoms with E-state index in [1.165, 1.54) is 18.2 Å². The minimum absolute atomic E-state index is 0.122. The average Bonchev–Trinajstić information content (AvgIpc) is 2.36. The Morgan fingerprint density at radius 3 is 2.63 bits per heavy atom. The van der Waals surface area contributed by atoms with Crippen LogP contribution in [0.1, 0.15) is 10.4 Å². The fourth-order valence-corrected chi connectivity index (χ4v) is 2.25. The second-order valence-corrected chi connectivity index (χ2v) is 5.14. The number of nitrogen functional groups attached to an aromatic ring is 1. The van der Waals surface area contributed by atoms with Crippen LogP contribution in [-0.2, 0) is 0 Å². The number of carbonyl (C=O) groups excluding carboxylic acids is 1. The van der Waals surface area contributed by atoms with E-state index in [9.17, 15) is 9.90 Å². The van der Waals surface area contributed by atoms with Crippen molar-refractivity contribution in [3.63, 3.8) is 0 Å². The van der Waals surface area contributed by atoms with E-state index in [-0.39, 0.29) is 17.3 Å². The molecule has 0 spiro atoms. The number of amides is 1. The Morgan fingerprint density at radius 1 is 1.26 bits per heavy atom. The average molecular weight is 342 g/mol. The molecule has 0 aliphatic rings. The first-order valence-electron chi connectivity index (χ1n) is 5.32. The maximum Gasteiger partial charge on any atom is 0.255 e. The molecule has 6 heteroatoms. The number of phenolic OH excluding ortho intramolecular Hbond substituents is 1. The van der Waals surface area contributed by atoms with Crippen LogP contribution in [0.15, 0.2) is 40.9 Å². The molecule has 0 aromatic heterocycles. The quantitative estimate of drug-likeness (QED) is 0.576. The molecule has 0 aliphatic heterocycles. The van der Waals surface area contributed by atoms with Gasteiger partial charge in [0.25, 0.3) is 5.91 Å². The summed E-state index contributed by atoms with van der Waals surface area (Å²) in [6, 6.07) is 9.35. The van der Waals surface area contributed by atoms with Crippen molar-refractivity contribution >= 4 is 44.8 Å². The Kier molecular flexibility index (Phi) is 3.97. The fraction of sp³-hybridized carbons (Fsp3) is 0. The van der Waals surface area contributed by atoms with Gasteiger partial charge in [-0.05, 0) is 52.3 Å². The van der Waals surface area contributed by atoms with Gasteiger partial charge in [0.1, 0.15) is 5.75 Å². The number of benzene rings is 2. The number of anilines is 2. The Balaban J connectivity index is 2.23. The van der Waals surface area contributed by atoms with Gasteiger partial charge < -0.3 is 16.2 Å². The highest BCUT2D eigenvalue weighted by atomic mass is 79.9. The number of hydrogen-bond acceptors (Lipinski definition) is 3. The highest BCUT2D eigenvalue weighted by Gasteiger charge is 2.10. The van der Waals surface area contributed by atoms with E-state index in [1.807, 2.05) is 0 Å². The third-order valence-electron chi connectivity index (χ3n) is 2.47. The van der Waals surface area contributed by atoms with Gasteiger partial charge >= 0.3 is 0 Å². The zero-order valence-electron chi connectivity index (χ0n) is 9.65. The molecule has 0 bridgehead atoms. The highest BCUT2D eigenvalue weighted by Crippen LogP contribution is 2.27. The summed E-state index contributed by atoms with van der Waals surface area (Å²) in [7, 11) is 0. The lowest BCUT2D eigenvalue weighted by atomic mass is 10.1. The minimum Gasteiger partial charge on any atom is -0.506 e. The van der Waals surface area contributed by atoms with Crippen LogP contribution in [0.25, 0.3) is 0 Å². The van der Waals surface area contributed by atoms with Gasteiger partial charge in [0.05, 0.1) is 11.4 Å². The van der Waals surface area contributed by atoms with Gasteiger partial charge in [0.2, 0.25) is 0 Å². The number of carbonyl (C=O) groups is 1. The summed E-state index contributed by atoms with van der Waals surface area (Å²) < 4.78 is 0.674. The predicted octanol–water partition coefficient (Wildman–Crippen LogP) is 3.64. The van der Waals surface area contributed by atoms with Crippen molar-refractivity contribution < 1.29 is 9.90 Å². The first kappa shape index (κ1) is 13.7. The van der Waals surface area contributed by atoms with Gasteiger partial charge in [0.15, 0.2) is 0 Å². The van der Waals surface area contributed by atoms with E-state index in [4.69, 9.17) is 17.3 Å². The largest absolute Gasteiger partial charge is 0.506 e. The van der Waals surface area contributed by atoms with Crippen LogP contribution in [0.2, 0.25) is 5.02 Å². The summed E-state index contributed by atoms with van der Waals surface area (Å²) in [5.74, 6) is -0.471. The molecule has 2 rings (SSSR count). The van der Waals surface area contributed by atoms with Gasteiger partial charge in [-0.15, -0.1) is 0 Å². The number of hydrogen-bond donors (Lipinski definition) is 3. The molecule has 98 valence electrons. The van der Waals surface area contributed by atoms with Crippen molar-refractivity contribution in [2.45, 2.75) is 0 Å². The lowest BCUT2D eigenvalue weighted by Gasteiger charge is -2.08. The molecular weight excluding hydrogens is 332 g/mol. The van der Waals surface area contributed by atoms with Crippen molar-refractivity contribution in [3.8, 4) is 5.75 Å². The standard InChI is InChI=1S/C13H10BrClN2O2/c14-9-6-8(15)2-4-11(9)17-13(19)7-1-3-10(16)12(18)5-7/h1-6,18H,16H2,(H,17,19). The lowest BCUT2D eigenvalue weighted by Crippen LogP contribution is -2.12. The van der Waals surface area contributed by atoms with Crippen LogP contribution < -0.4 is 11.1 Å². The normalized spacial score (nSPS) is 10.2. The van der Waals surface area contributed by atoms with E-state index >= 15 is 0 Å². The third-order valence-corrected chi connectivity index (χ3v) is 3.36. The summed E-state index contributed by atoms with van der Waals surface area (Å²) in [6.45, 7) is 0. The van der Waals surface area contributed by atoms with Crippen LogP contribution in [0.3, 0.4) is 0 Å². The van der Waals surface area contributed by atoms with Crippen molar-refractivity contribution in [2.75, 3.05) is 11.1 Å². The summed E-state index contributed by atoms with van der Waals surface area (Å²) in [6.07, 6.45) is 0. The minimum atomic E-state index is -0.349. The number of nitrogens with two attached hydrogens (primary N) is 1. The molecule has 2 aromatic carbocycles. The predicted molar refractivity (Wildman–Crippen MR) is 79.6 cm³/mol. The Bertz CT molecular complexity index is 647. The third kappa shape index (κ3) is 3.19. The molecule has 0 saturated heterocycles. The molecular formula is C13H10BrClN2O2. The molecule has 4 N–H and O–H groups in total. The maximum absolute atomic E-state index is 12.0. The van der Waals surface area contributed by atoms with Crippen LogP contribution in [0.5, 0.6) is 5.75 Å². The molecule has 0 aliphatic carbocycles. The molecule has 1 amide bonds. The fourth-order valence-electron chi connectivity index (χ4n) is 1.47. The Morgan fingerprint density at radius 2 is 2.00 bits per heavy atom. The molecule has 0 radical (unpaired) electrons. The monoisotopic (exact) mass is 340 g/mol. The van der Waals surface area contributed by atoms with Gasteiger partial charge in [0, 0.05) is 15.1 Å². The topological polar surface area (TPSA) is 75.4 Å². The molecule has 0 unspecified atom stereocenters. The summed E-state index contributed by atoms with van der Waals surface area (Å²) >= 11 is 9.12. The molecule has 0 heterocycles. The first-order valence-corrected chi connectivity index (χ1v) is 6.49. The second kappa shape index (κ2) is 5.50. The van der Waals surface area contributed by atoms with Crippen molar-refractivity contribution in [1.82, 2.24) is 0 Å². The molecule has 4 nitrogen and oxygen atoms in total. The van der Waals surface area contributed by atoms with Gasteiger partial charge in [-0.25, -0.2) is 0 Å². The zero-order chi connectivity index (χ0) is 14.0.